The average molecular weight is 236 g/mol. The molecule has 17 heavy (non-hydrogen) atoms. The molecule has 0 aliphatic heterocycles. The van der Waals surface area contributed by atoms with E-state index in [4.69, 9.17) is 5.73 Å². The fraction of sp³-hybridized carbons (Fsp3) is 0.462. The summed E-state index contributed by atoms with van der Waals surface area (Å²) >= 11 is 0. The van der Waals surface area contributed by atoms with Gasteiger partial charge in [0.25, 0.3) is 0 Å². The van der Waals surface area contributed by atoms with Crippen LogP contribution in [0, 0.1) is 0 Å². The molecule has 0 saturated heterocycles. The van der Waals surface area contributed by atoms with Crippen LogP contribution in [0.5, 0.6) is 0 Å². The van der Waals surface area contributed by atoms with Crippen LogP contribution in [0.2, 0.25) is 0 Å². The van der Waals surface area contributed by atoms with Crippen LogP contribution < -0.4 is 5.73 Å². The molecule has 0 heterocycles. The second-order valence-corrected chi connectivity index (χ2v) is 4.34. The van der Waals surface area contributed by atoms with Crippen LogP contribution in [0.3, 0.4) is 0 Å². The summed E-state index contributed by atoms with van der Waals surface area (Å²) in [6, 6.07) is 5.62. The summed E-state index contributed by atoms with van der Waals surface area (Å²) in [5.41, 5.74) is 7.04. The summed E-state index contributed by atoms with van der Waals surface area (Å²) in [5.74, 6) is -0.960. The highest BCUT2D eigenvalue weighted by atomic mass is 16.4. The monoisotopic (exact) mass is 236 g/mol. The maximum Gasteiger partial charge on any atom is 0.338 e. The zero-order valence-corrected chi connectivity index (χ0v) is 10.6. The first-order valence-corrected chi connectivity index (χ1v) is 5.82. The standard InChI is InChI=1S/C13H20N2O2/c1-4-15(9(2)3)8-10-6-5-7-11(14)12(10)13(16)17/h5-7,9H,4,8,14H2,1-3H3,(H,16,17). The molecule has 0 fully saturated rings. The van der Waals surface area contributed by atoms with Gasteiger partial charge in [0, 0.05) is 18.3 Å². The SMILES string of the molecule is CCN(Cc1cccc(N)c1C(=O)O)C(C)C. The molecule has 0 saturated carbocycles. The van der Waals surface area contributed by atoms with Gasteiger partial charge in [-0.2, -0.15) is 0 Å². The average Bonchev–Trinajstić information content (AvgIpc) is 2.24. The van der Waals surface area contributed by atoms with E-state index in [2.05, 4.69) is 25.7 Å². The number of hydrogen-bond donors (Lipinski definition) is 2. The van der Waals surface area contributed by atoms with Gasteiger partial charge in [0.2, 0.25) is 0 Å². The Balaban J connectivity index is 3.05. The largest absolute Gasteiger partial charge is 0.478 e. The number of carbonyl (C=O) groups is 1. The Kier molecular flexibility index (Phi) is 4.52. The highest BCUT2D eigenvalue weighted by Gasteiger charge is 2.16. The van der Waals surface area contributed by atoms with E-state index in [1.165, 1.54) is 0 Å². The fourth-order valence-electron chi connectivity index (χ4n) is 1.89. The van der Waals surface area contributed by atoms with E-state index in [9.17, 15) is 9.90 Å². The van der Waals surface area contributed by atoms with Gasteiger partial charge >= 0.3 is 5.97 Å². The first-order chi connectivity index (χ1) is 7.97. The summed E-state index contributed by atoms with van der Waals surface area (Å²) in [6.45, 7) is 7.74. The molecule has 94 valence electrons. The molecule has 0 amide bonds. The van der Waals surface area contributed by atoms with Crippen molar-refractivity contribution < 1.29 is 9.90 Å². The van der Waals surface area contributed by atoms with Crippen molar-refractivity contribution in [1.29, 1.82) is 0 Å². The predicted octanol–water partition coefficient (Wildman–Crippen LogP) is 2.20. The van der Waals surface area contributed by atoms with Crippen LogP contribution >= 0.6 is 0 Å². The molecule has 4 nitrogen and oxygen atoms in total. The van der Waals surface area contributed by atoms with Gasteiger partial charge in [-0.3, -0.25) is 4.90 Å². The van der Waals surface area contributed by atoms with Crippen molar-refractivity contribution in [3.63, 3.8) is 0 Å². The van der Waals surface area contributed by atoms with Gasteiger partial charge in [-0.15, -0.1) is 0 Å². The Morgan fingerprint density at radius 3 is 2.59 bits per heavy atom. The number of nitrogens with two attached hydrogens (primary N) is 1. The minimum atomic E-state index is -0.960. The topological polar surface area (TPSA) is 66.6 Å². The molecule has 0 aliphatic carbocycles. The van der Waals surface area contributed by atoms with E-state index in [1.807, 2.05) is 6.07 Å². The van der Waals surface area contributed by atoms with E-state index < -0.39 is 5.97 Å². The molecule has 4 heteroatoms. The van der Waals surface area contributed by atoms with Crippen LogP contribution in [0.4, 0.5) is 5.69 Å². The Hall–Kier alpha value is -1.55. The number of carboxylic acids is 1. The summed E-state index contributed by atoms with van der Waals surface area (Å²) in [4.78, 5) is 13.4. The second-order valence-electron chi connectivity index (χ2n) is 4.34. The number of nitrogens with zero attached hydrogens (tertiary/aromatic N) is 1. The molecule has 1 aromatic carbocycles. The van der Waals surface area contributed by atoms with Crippen molar-refractivity contribution in [2.24, 2.45) is 0 Å². The molecule has 0 aliphatic rings. The zero-order chi connectivity index (χ0) is 13.0. The molecular weight excluding hydrogens is 216 g/mol. The summed E-state index contributed by atoms with van der Waals surface area (Å²) in [5, 5.41) is 9.17. The van der Waals surface area contributed by atoms with Crippen LogP contribution in [0.25, 0.3) is 0 Å². The lowest BCUT2D eigenvalue weighted by Crippen LogP contribution is -2.30. The first kappa shape index (κ1) is 13.5. The number of benzene rings is 1. The van der Waals surface area contributed by atoms with Gasteiger partial charge < -0.3 is 10.8 Å². The highest BCUT2D eigenvalue weighted by Crippen LogP contribution is 2.19. The van der Waals surface area contributed by atoms with Crippen molar-refractivity contribution in [3.8, 4) is 0 Å². The van der Waals surface area contributed by atoms with Gasteiger partial charge in [0.05, 0.1) is 5.56 Å². The van der Waals surface area contributed by atoms with Crippen molar-refractivity contribution in [3.05, 3.63) is 29.3 Å². The van der Waals surface area contributed by atoms with E-state index in [0.29, 0.717) is 18.3 Å². The van der Waals surface area contributed by atoms with Crippen molar-refractivity contribution in [2.75, 3.05) is 12.3 Å². The normalized spacial score (nSPS) is 11.1. The molecule has 0 radical (unpaired) electrons. The maximum atomic E-state index is 11.2. The summed E-state index contributed by atoms with van der Waals surface area (Å²) in [7, 11) is 0. The van der Waals surface area contributed by atoms with Gasteiger partial charge in [0.1, 0.15) is 0 Å². The highest BCUT2D eigenvalue weighted by molar-refractivity contribution is 5.95. The van der Waals surface area contributed by atoms with E-state index >= 15 is 0 Å². The number of anilines is 1. The van der Waals surface area contributed by atoms with Gasteiger partial charge in [-0.05, 0) is 32.0 Å². The molecule has 0 atom stereocenters. The third-order valence-corrected chi connectivity index (χ3v) is 2.91. The molecule has 1 rings (SSSR count). The van der Waals surface area contributed by atoms with Crippen molar-refractivity contribution in [2.45, 2.75) is 33.4 Å². The third kappa shape index (κ3) is 3.20. The number of aromatic carboxylic acids is 1. The molecule has 0 unspecified atom stereocenters. The Bertz CT molecular complexity index is 402. The Morgan fingerprint density at radius 2 is 2.12 bits per heavy atom. The van der Waals surface area contributed by atoms with Gasteiger partial charge in [-0.1, -0.05) is 19.1 Å². The van der Waals surface area contributed by atoms with Crippen molar-refractivity contribution in [1.82, 2.24) is 4.90 Å². The number of rotatable bonds is 5. The number of hydrogen-bond acceptors (Lipinski definition) is 3. The van der Waals surface area contributed by atoms with Crippen LogP contribution in [-0.4, -0.2) is 28.6 Å². The number of carboxylic acid groups (broad SMARTS) is 1. The second kappa shape index (κ2) is 5.68. The lowest BCUT2D eigenvalue weighted by molar-refractivity contribution is 0.0695. The quantitative estimate of drug-likeness (QED) is 0.769. The zero-order valence-electron chi connectivity index (χ0n) is 10.6. The maximum absolute atomic E-state index is 11.2. The summed E-state index contributed by atoms with van der Waals surface area (Å²) in [6.07, 6.45) is 0. The molecular formula is C13H20N2O2. The van der Waals surface area contributed by atoms with Crippen LogP contribution in [0.1, 0.15) is 36.7 Å². The van der Waals surface area contributed by atoms with E-state index in [1.54, 1.807) is 12.1 Å². The molecule has 3 N–H and O–H groups in total. The fourth-order valence-corrected chi connectivity index (χ4v) is 1.89. The van der Waals surface area contributed by atoms with Crippen molar-refractivity contribution >= 4 is 11.7 Å². The molecule has 1 aromatic rings. The molecule has 0 aromatic heterocycles. The number of nitrogen functional groups attached to an aromatic ring is 1. The van der Waals surface area contributed by atoms with Gasteiger partial charge in [0.15, 0.2) is 0 Å². The molecule has 0 bridgehead atoms. The lowest BCUT2D eigenvalue weighted by atomic mass is 10.0. The molecule has 0 spiro atoms. The minimum Gasteiger partial charge on any atom is -0.478 e. The van der Waals surface area contributed by atoms with E-state index in [-0.39, 0.29) is 5.56 Å². The van der Waals surface area contributed by atoms with Crippen LogP contribution in [-0.2, 0) is 6.54 Å². The minimum absolute atomic E-state index is 0.228. The van der Waals surface area contributed by atoms with Crippen LogP contribution in [0.15, 0.2) is 18.2 Å². The first-order valence-electron chi connectivity index (χ1n) is 5.82. The van der Waals surface area contributed by atoms with E-state index in [0.717, 1.165) is 12.1 Å². The third-order valence-electron chi connectivity index (χ3n) is 2.91. The van der Waals surface area contributed by atoms with Gasteiger partial charge in [-0.25, -0.2) is 4.79 Å². The Morgan fingerprint density at radius 1 is 1.47 bits per heavy atom. The predicted molar refractivity (Wildman–Crippen MR) is 69.0 cm³/mol. The Labute approximate surface area is 102 Å². The summed E-state index contributed by atoms with van der Waals surface area (Å²) < 4.78 is 0. The lowest BCUT2D eigenvalue weighted by Gasteiger charge is -2.25. The smallest absolute Gasteiger partial charge is 0.338 e.